The standard InChI is InChI=1S/C9H12O2/c1-7-3-5-9(2,6-4-7)8(10)11/h3-5H,6H2,1-2H3,(H,10,11). The molecule has 0 spiro atoms. The molecule has 2 heteroatoms. The average molecular weight is 152 g/mol. The summed E-state index contributed by atoms with van der Waals surface area (Å²) in [6, 6.07) is 0. The van der Waals surface area contributed by atoms with Crippen LogP contribution in [-0.2, 0) is 4.79 Å². The maximum Gasteiger partial charge on any atom is 0.313 e. The third-order valence-corrected chi connectivity index (χ3v) is 2.05. The summed E-state index contributed by atoms with van der Waals surface area (Å²) in [6.45, 7) is 3.70. The van der Waals surface area contributed by atoms with Crippen molar-refractivity contribution in [3.05, 3.63) is 23.8 Å². The van der Waals surface area contributed by atoms with Gasteiger partial charge in [0, 0.05) is 0 Å². The molecule has 0 saturated heterocycles. The van der Waals surface area contributed by atoms with Gasteiger partial charge in [-0.3, -0.25) is 4.79 Å². The highest BCUT2D eigenvalue weighted by Gasteiger charge is 2.30. The van der Waals surface area contributed by atoms with Gasteiger partial charge in [-0.25, -0.2) is 0 Å². The van der Waals surface area contributed by atoms with E-state index in [-0.39, 0.29) is 0 Å². The molecule has 0 saturated carbocycles. The van der Waals surface area contributed by atoms with Crippen molar-refractivity contribution in [1.82, 2.24) is 0 Å². The second-order valence-electron chi connectivity index (χ2n) is 3.21. The van der Waals surface area contributed by atoms with Crippen LogP contribution < -0.4 is 0 Å². The fourth-order valence-electron chi connectivity index (χ4n) is 0.983. The van der Waals surface area contributed by atoms with Crippen LogP contribution in [0.5, 0.6) is 0 Å². The van der Waals surface area contributed by atoms with E-state index in [9.17, 15) is 4.79 Å². The second kappa shape index (κ2) is 2.53. The number of carboxylic acid groups (broad SMARTS) is 1. The van der Waals surface area contributed by atoms with Crippen molar-refractivity contribution in [3.8, 4) is 0 Å². The average Bonchev–Trinajstić information content (AvgIpc) is 1.95. The zero-order valence-corrected chi connectivity index (χ0v) is 6.79. The lowest BCUT2D eigenvalue weighted by Crippen LogP contribution is -2.25. The summed E-state index contributed by atoms with van der Waals surface area (Å²) >= 11 is 0. The predicted octanol–water partition coefficient (Wildman–Crippen LogP) is 1.98. The molecule has 1 unspecified atom stereocenters. The topological polar surface area (TPSA) is 37.3 Å². The first-order chi connectivity index (χ1) is 5.04. The van der Waals surface area contributed by atoms with E-state index >= 15 is 0 Å². The van der Waals surface area contributed by atoms with Gasteiger partial charge in [0.05, 0.1) is 5.41 Å². The van der Waals surface area contributed by atoms with Crippen molar-refractivity contribution in [2.24, 2.45) is 5.41 Å². The summed E-state index contributed by atoms with van der Waals surface area (Å²) in [5.74, 6) is -0.752. The number of aliphatic carboxylic acids is 1. The van der Waals surface area contributed by atoms with E-state index in [0.717, 1.165) is 5.57 Å². The lowest BCUT2D eigenvalue weighted by molar-refractivity contribution is -0.145. The van der Waals surface area contributed by atoms with Crippen molar-refractivity contribution in [3.63, 3.8) is 0 Å². The van der Waals surface area contributed by atoms with Gasteiger partial charge in [-0.2, -0.15) is 0 Å². The second-order valence-corrected chi connectivity index (χ2v) is 3.21. The molecule has 0 aliphatic heterocycles. The lowest BCUT2D eigenvalue weighted by atomic mass is 9.82. The van der Waals surface area contributed by atoms with Crippen LogP contribution in [0, 0.1) is 5.41 Å². The summed E-state index contributed by atoms with van der Waals surface area (Å²) < 4.78 is 0. The summed E-state index contributed by atoms with van der Waals surface area (Å²) in [5.41, 5.74) is 0.461. The largest absolute Gasteiger partial charge is 0.481 e. The molecule has 1 N–H and O–H groups in total. The van der Waals surface area contributed by atoms with Gasteiger partial charge in [0.15, 0.2) is 0 Å². The number of carbonyl (C=O) groups is 1. The summed E-state index contributed by atoms with van der Waals surface area (Å²) in [5, 5.41) is 8.80. The summed E-state index contributed by atoms with van der Waals surface area (Å²) in [6.07, 6.45) is 6.17. The quantitative estimate of drug-likeness (QED) is 0.623. The van der Waals surface area contributed by atoms with E-state index in [2.05, 4.69) is 0 Å². The third kappa shape index (κ3) is 1.50. The Morgan fingerprint density at radius 3 is 2.73 bits per heavy atom. The zero-order chi connectivity index (χ0) is 8.48. The molecular formula is C9H12O2. The molecule has 2 nitrogen and oxygen atoms in total. The Kier molecular flexibility index (Phi) is 1.85. The van der Waals surface area contributed by atoms with Crippen LogP contribution in [-0.4, -0.2) is 11.1 Å². The van der Waals surface area contributed by atoms with Gasteiger partial charge in [0.2, 0.25) is 0 Å². The molecule has 0 heterocycles. The SMILES string of the molecule is CC1=CCC(C)(C(=O)O)C=C1. The van der Waals surface area contributed by atoms with Crippen LogP contribution in [0.25, 0.3) is 0 Å². The molecule has 0 aromatic rings. The van der Waals surface area contributed by atoms with Crippen LogP contribution in [0.15, 0.2) is 23.8 Å². The minimum atomic E-state index is -0.752. The molecule has 0 fully saturated rings. The van der Waals surface area contributed by atoms with E-state index in [1.54, 1.807) is 13.0 Å². The van der Waals surface area contributed by atoms with Gasteiger partial charge in [-0.15, -0.1) is 0 Å². The fraction of sp³-hybridized carbons (Fsp3) is 0.444. The van der Waals surface area contributed by atoms with Crippen molar-refractivity contribution < 1.29 is 9.90 Å². The van der Waals surface area contributed by atoms with Crippen LogP contribution in [0.4, 0.5) is 0 Å². The molecule has 0 bridgehead atoms. The smallest absolute Gasteiger partial charge is 0.313 e. The first-order valence-electron chi connectivity index (χ1n) is 3.64. The number of allylic oxidation sites excluding steroid dienone is 3. The maximum atomic E-state index is 10.7. The molecule has 11 heavy (non-hydrogen) atoms. The molecule has 1 rings (SSSR count). The highest BCUT2D eigenvalue weighted by Crippen LogP contribution is 2.28. The summed E-state index contributed by atoms with van der Waals surface area (Å²) in [7, 11) is 0. The van der Waals surface area contributed by atoms with Crippen molar-refractivity contribution in [1.29, 1.82) is 0 Å². The molecule has 1 atom stereocenters. The lowest BCUT2D eigenvalue weighted by Gasteiger charge is -2.21. The normalized spacial score (nSPS) is 29.8. The van der Waals surface area contributed by atoms with Gasteiger partial charge in [0.25, 0.3) is 0 Å². The van der Waals surface area contributed by atoms with E-state index in [0.29, 0.717) is 6.42 Å². The van der Waals surface area contributed by atoms with Crippen molar-refractivity contribution >= 4 is 5.97 Å². The van der Waals surface area contributed by atoms with E-state index in [1.165, 1.54) is 0 Å². The molecule has 1 aliphatic rings. The van der Waals surface area contributed by atoms with E-state index in [4.69, 9.17) is 5.11 Å². The summed E-state index contributed by atoms with van der Waals surface area (Å²) in [4.78, 5) is 10.7. The third-order valence-electron chi connectivity index (χ3n) is 2.05. The Morgan fingerprint density at radius 2 is 2.36 bits per heavy atom. The molecule has 60 valence electrons. The minimum Gasteiger partial charge on any atom is -0.481 e. The number of hydrogen-bond acceptors (Lipinski definition) is 1. The van der Waals surface area contributed by atoms with Crippen LogP contribution in [0.1, 0.15) is 20.3 Å². The highest BCUT2D eigenvalue weighted by atomic mass is 16.4. The molecule has 0 amide bonds. The van der Waals surface area contributed by atoms with Crippen LogP contribution in [0.2, 0.25) is 0 Å². The number of rotatable bonds is 1. The van der Waals surface area contributed by atoms with E-state index < -0.39 is 11.4 Å². The van der Waals surface area contributed by atoms with Crippen molar-refractivity contribution in [2.45, 2.75) is 20.3 Å². The molecule has 0 aromatic heterocycles. The Balaban J connectivity index is 2.82. The van der Waals surface area contributed by atoms with Gasteiger partial charge in [-0.1, -0.05) is 23.8 Å². The Hall–Kier alpha value is -1.05. The minimum absolute atomic E-state index is 0.602. The number of carboxylic acids is 1. The predicted molar refractivity (Wildman–Crippen MR) is 43.3 cm³/mol. The molecular weight excluding hydrogens is 140 g/mol. The first kappa shape index (κ1) is 8.05. The van der Waals surface area contributed by atoms with Crippen LogP contribution >= 0.6 is 0 Å². The van der Waals surface area contributed by atoms with Gasteiger partial charge >= 0.3 is 5.97 Å². The molecule has 1 aliphatic carbocycles. The van der Waals surface area contributed by atoms with Gasteiger partial charge in [-0.05, 0) is 20.3 Å². The fourth-order valence-corrected chi connectivity index (χ4v) is 0.983. The maximum absolute atomic E-state index is 10.7. The van der Waals surface area contributed by atoms with Crippen molar-refractivity contribution in [2.75, 3.05) is 0 Å². The first-order valence-corrected chi connectivity index (χ1v) is 3.64. The Bertz CT molecular complexity index is 238. The molecule has 0 aromatic carbocycles. The Labute approximate surface area is 66.2 Å². The monoisotopic (exact) mass is 152 g/mol. The molecule has 0 radical (unpaired) electrons. The Morgan fingerprint density at radius 1 is 1.73 bits per heavy atom. The van der Waals surface area contributed by atoms with Gasteiger partial charge < -0.3 is 5.11 Å². The zero-order valence-electron chi connectivity index (χ0n) is 6.79. The van der Waals surface area contributed by atoms with E-state index in [1.807, 2.05) is 19.1 Å². The number of hydrogen-bond donors (Lipinski definition) is 1. The van der Waals surface area contributed by atoms with Gasteiger partial charge in [0.1, 0.15) is 0 Å². The highest BCUT2D eigenvalue weighted by molar-refractivity contribution is 5.77. The van der Waals surface area contributed by atoms with Crippen LogP contribution in [0.3, 0.4) is 0 Å².